The summed E-state index contributed by atoms with van der Waals surface area (Å²) in [4.78, 5) is 0. The molecule has 0 fully saturated rings. The van der Waals surface area contributed by atoms with Gasteiger partial charge in [-0.05, 0) is 19.1 Å². The lowest BCUT2D eigenvalue weighted by Crippen LogP contribution is -1.97. The van der Waals surface area contributed by atoms with Crippen molar-refractivity contribution in [2.24, 2.45) is 7.05 Å². The maximum atomic E-state index is 13.5. The lowest BCUT2D eigenvalue weighted by atomic mass is 10.1. The van der Waals surface area contributed by atoms with E-state index >= 15 is 0 Å². The number of nitrogen functional groups attached to an aromatic ring is 1. The molecule has 0 spiro atoms. The highest BCUT2D eigenvalue weighted by molar-refractivity contribution is 5.68. The number of nitrogens with two attached hydrogens (primary N) is 1. The van der Waals surface area contributed by atoms with Gasteiger partial charge in [0, 0.05) is 12.6 Å². The third-order valence-electron chi connectivity index (χ3n) is 2.54. The highest BCUT2D eigenvalue weighted by atomic mass is 19.1. The highest BCUT2D eigenvalue weighted by Crippen LogP contribution is 2.29. The van der Waals surface area contributed by atoms with E-state index in [4.69, 9.17) is 5.73 Å². The number of hydrogen-bond donors (Lipinski definition) is 1. The van der Waals surface area contributed by atoms with Crippen LogP contribution in [0.25, 0.3) is 11.3 Å². The molecule has 84 valence electrons. The van der Waals surface area contributed by atoms with Crippen molar-refractivity contribution < 1.29 is 8.78 Å². The molecule has 3 nitrogen and oxygen atoms in total. The van der Waals surface area contributed by atoms with Gasteiger partial charge in [0.15, 0.2) is 0 Å². The van der Waals surface area contributed by atoms with Gasteiger partial charge in [-0.1, -0.05) is 6.07 Å². The van der Waals surface area contributed by atoms with Crippen LogP contribution >= 0.6 is 0 Å². The molecule has 1 heterocycles. The zero-order chi connectivity index (χ0) is 11.9. The third-order valence-corrected chi connectivity index (χ3v) is 2.54. The van der Waals surface area contributed by atoms with Gasteiger partial charge >= 0.3 is 0 Å². The normalized spacial score (nSPS) is 10.8. The van der Waals surface area contributed by atoms with E-state index in [1.165, 1.54) is 22.9 Å². The molecule has 0 aliphatic carbocycles. The minimum atomic E-state index is -0.638. The number of nitrogens with zero attached hydrogens (tertiary/aromatic N) is 2. The number of aryl methyl sites for hydroxylation is 1. The van der Waals surface area contributed by atoms with Crippen molar-refractivity contribution in [1.29, 1.82) is 0 Å². The van der Waals surface area contributed by atoms with Crippen LogP contribution in [-0.2, 0) is 7.05 Å². The molecular formula is C11H11F2N3. The Morgan fingerprint density at radius 2 is 1.81 bits per heavy atom. The predicted molar refractivity (Wildman–Crippen MR) is 57.7 cm³/mol. The maximum absolute atomic E-state index is 13.5. The molecule has 0 amide bonds. The molecule has 0 bridgehead atoms. The summed E-state index contributed by atoms with van der Waals surface area (Å²) in [5, 5.41) is 4.01. The average molecular weight is 223 g/mol. The zero-order valence-electron chi connectivity index (χ0n) is 8.96. The van der Waals surface area contributed by atoms with Crippen LogP contribution in [0.5, 0.6) is 0 Å². The second-order valence-electron chi connectivity index (χ2n) is 3.58. The molecule has 16 heavy (non-hydrogen) atoms. The number of hydrogen-bond acceptors (Lipinski definition) is 2. The number of halogens is 2. The summed E-state index contributed by atoms with van der Waals surface area (Å²) in [6.45, 7) is 1.68. The third kappa shape index (κ3) is 1.44. The largest absolute Gasteiger partial charge is 0.384 e. The summed E-state index contributed by atoms with van der Waals surface area (Å²) in [7, 11) is 1.63. The Labute approximate surface area is 91.5 Å². The summed E-state index contributed by atoms with van der Waals surface area (Å²) in [6.07, 6.45) is 0. The van der Waals surface area contributed by atoms with E-state index < -0.39 is 11.6 Å². The van der Waals surface area contributed by atoms with Crippen LogP contribution in [0.15, 0.2) is 18.2 Å². The number of benzene rings is 1. The van der Waals surface area contributed by atoms with Crippen molar-refractivity contribution in [3.63, 3.8) is 0 Å². The van der Waals surface area contributed by atoms with Gasteiger partial charge in [-0.3, -0.25) is 4.68 Å². The van der Waals surface area contributed by atoms with E-state index in [-0.39, 0.29) is 11.3 Å². The fourth-order valence-corrected chi connectivity index (χ4v) is 1.60. The van der Waals surface area contributed by atoms with Crippen molar-refractivity contribution in [2.75, 3.05) is 5.73 Å². The van der Waals surface area contributed by atoms with E-state index in [9.17, 15) is 8.78 Å². The molecule has 2 rings (SSSR count). The minimum Gasteiger partial charge on any atom is -0.384 e. The van der Waals surface area contributed by atoms with Gasteiger partial charge in [0.05, 0.1) is 5.56 Å². The first-order valence-electron chi connectivity index (χ1n) is 4.76. The second kappa shape index (κ2) is 3.59. The topological polar surface area (TPSA) is 43.8 Å². The average Bonchev–Trinajstić information content (AvgIpc) is 2.47. The van der Waals surface area contributed by atoms with E-state index in [1.807, 2.05) is 0 Å². The summed E-state index contributed by atoms with van der Waals surface area (Å²) in [5.74, 6) is -0.875. The van der Waals surface area contributed by atoms with Crippen LogP contribution in [0.1, 0.15) is 5.56 Å². The fraction of sp³-hybridized carbons (Fsp3) is 0.182. The van der Waals surface area contributed by atoms with Crippen LogP contribution in [0.4, 0.5) is 14.6 Å². The Morgan fingerprint density at radius 3 is 2.25 bits per heavy atom. The molecule has 2 N–H and O–H groups in total. The maximum Gasteiger partial charge on any atom is 0.135 e. The van der Waals surface area contributed by atoms with Crippen LogP contribution in [-0.4, -0.2) is 9.78 Å². The van der Waals surface area contributed by atoms with E-state index in [0.29, 0.717) is 11.4 Å². The smallest absolute Gasteiger partial charge is 0.135 e. The van der Waals surface area contributed by atoms with Gasteiger partial charge in [0.25, 0.3) is 0 Å². The Kier molecular flexibility index (Phi) is 2.38. The number of anilines is 1. The molecule has 0 unspecified atom stereocenters. The molecule has 0 saturated heterocycles. The molecule has 0 aliphatic heterocycles. The van der Waals surface area contributed by atoms with Crippen molar-refractivity contribution in [1.82, 2.24) is 9.78 Å². The van der Waals surface area contributed by atoms with Gasteiger partial charge in [-0.25, -0.2) is 8.78 Å². The lowest BCUT2D eigenvalue weighted by molar-refractivity contribution is 0.587. The molecule has 1 aromatic carbocycles. The van der Waals surface area contributed by atoms with Crippen LogP contribution in [0.2, 0.25) is 0 Å². The Balaban J connectivity index is 2.72. The summed E-state index contributed by atoms with van der Waals surface area (Å²) >= 11 is 0. The quantitative estimate of drug-likeness (QED) is 0.805. The second-order valence-corrected chi connectivity index (χ2v) is 3.58. The van der Waals surface area contributed by atoms with Crippen molar-refractivity contribution in [3.8, 4) is 11.3 Å². The highest BCUT2D eigenvalue weighted by Gasteiger charge is 2.18. The van der Waals surface area contributed by atoms with Crippen LogP contribution in [0, 0.1) is 18.6 Å². The molecule has 0 saturated carbocycles. The Hall–Kier alpha value is -1.91. The monoisotopic (exact) mass is 223 g/mol. The van der Waals surface area contributed by atoms with Crippen LogP contribution < -0.4 is 5.73 Å². The number of rotatable bonds is 1. The zero-order valence-corrected chi connectivity index (χ0v) is 8.96. The minimum absolute atomic E-state index is 0.132. The molecule has 0 aliphatic rings. The fourth-order valence-electron chi connectivity index (χ4n) is 1.60. The van der Waals surface area contributed by atoms with Crippen molar-refractivity contribution in [2.45, 2.75) is 6.92 Å². The van der Waals surface area contributed by atoms with E-state index in [0.717, 1.165) is 0 Å². The number of aromatic nitrogens is 2. The standard InChI is InChI=1S/C11H11F2N3/c1-6-10(15-16(2)11(6)14)9-7(12)4-3-5-8(9)13/h3-5H,14H2,1-2H3. The Morgan fingerprint density at radius 1 is 1.25 bits per heavy atom. The van der Waals surface area contributed by atoms with Crippen molar-refractivity contribution in [3.05, 3.63) is 35.4 Å². The molecule has 2 aromatic rings. The first kappa shape index (κ1) is 10.6. The summed E-state index contributed by atoms with van der Waals surface area (Å²) in [5.41, 5.74) is 6.38. The molecule has 0 radical (unpaired) electrons. The predicted octanol–water partition coefficient (Wildman–Crippen LogP) is 2.26. The Bertz CT molecular complexity index is 526. The molecule has 1 aromatic heterocycles. The van der Waals surface area contributed by atoms with Gasteiger partial charge < -0.3 is 5.73 Å². The summed E-state index contributed by atoms with van der Waals surface area (Å²) in [6, 6.07) is 3.71. The SMILES string of the molecule is Cc1c(-c2c(F)cccc2F)nn(C)c1N. The first-order chi connectivity index (χ1) is 7.52. The lowest BCUT2D eigenvalue weighted by Gasteiger charge is -2.02. The van der Waals surface area contributed by atoms with Gasteiger partial charge in [-0.15, -0.1) is 0 Å². The van der Waals surface area contributed by atoms with E-state index in [2.05, 4.69) is 5.10 Å². The molecule has 0 atom stereocenters. The van der Waals surface area contributed by atoms with Crippen molar-refractivity contribution >= 4 is 5.82 Å². The first-order valence-corrected chi connectivity index (χ1v) is 4.76. The van der Waals surface area contributed by atoms with Gasteiger partial charge in [0.1, 0.15) is 23.1 Å². The van der Waals surface area contributed by atoms with Gasteiger partial charge in [-0.2, -0.15) is 5.10 Å². The van der Waals surface area contributed by atoms with Gasteiger partial charge in [0.2, 0.25) is 0 Å². The summed E-state index contributed by atoms with van der Waals surface area (Å²) < 4.78 is 28.5. The van der Waals surface area contributed by atoms with E-state index in [1.54, 1.807) is 14.0 Å². The van der Waals surface area contributed by atoms with Crippen LogP contribution in [0.3, 0.4) is 0 Å². The molecular weight excluding hydrogens is 212 g/mol. The molecule has 5 heteroatoms.